The lowest BCUT2D eigenvalue weighted by Crippen LogP contribution is -2.41. The molecule has 4 nitrogen and oxygen atoms in total. The van der Waals surface area contributed by atoms with Crippen LogP contribution in [0, 0.1) is 0 Å². The monoisotopic (exact) mass is 205 g/mol. The molecular formula is C11H15N3O. The molecule has 1 N–H and O–H groups in total. The largest absolute Gasteiger partial charge is 0.314 e. The number of nitrogens with zero attached hydrogens (tertiary/aromatic N) is 2. The number of hydrogen-bond donors (Lipinski definition) is 1. The zero-order valence-corrected chi connectivity index (χ0v) is 8.81. The number of aromatic nitrogens is 1. The Morgan fingerprint density at radius 2 is 2.27 bits per heavy atom. The van der Waals surface area contributed by atoms with Crippen LogP contribution < -0.4 is 10.2 Å². The summed E-state index contributed by atoms with van der Waals surface area (Å²) in [5.41, 5.74) is 0.892. The molecule has 1 fully saturated rings. The summed E-state index contributed by atoms with van der Waals surface area (Å²) in [5, 5.41) is 3.20. The highest BCUT2D eigenvalue weighted by Gasteiger charge is 2.25. The third-order valence-electron chi connectivity index (χ3n) is 2.74. The van der Waals surface area contributed by atoms with Crippen LogP contribution in [0.5, 0.6) is 0 Å². The SMILES string of the molecule is CN(C(=O)C1CCCN1)c1ccncc1. The molecule has 1 aromatic rings. The summed E-state index contributed by atoms with van der Waals surface area (Å²) < 4.78 is 0. The van der Waals surface area contributed by atoms with Gasteiger partial charge < -0.3 is 10.2 Å². The third kappa shape index (κ3) is 2.15. The van der Waals surface area contributed by atoms with Crippen LogP contribution >= 0.6 is 0 Å². The highest BCUT2D eigenvalue weighted by atomic mass is 16.2. The molecule has 4 heteroatoms. The van der Waals surface area contributed by atoms with Crippen molar-refractivity contribution in [2.75, 3.05) is 18.5 Å². The Morgan fingerprint density at radius 1 is 1.53 bits per heavy atom. The summed E-state index contributed by atoms with van der Waals surface area (Å²) in [7, 11) is 1.80. The molecule has 0 aliphatic carbocycles. The molecule has 0 bridgehead atoms. The number of amides is 1. The van der Waals surface area contributed by atoms with Crippen molar-refractivity contribution in [3.63, 3.8) is 0 Å². The molecule has 0 spiro atoms. The molecule has 0 aromatic carbocycles. The van der Waals surface area contributed by atoms with Gasteiger partial charge in [-0.05, 0) is 31.5 Å². The van der Waals surface area contributed by atoms with Gasteiger partial charge in [0, 0.05) is 25.1 Å². The van der Waals surface area contributed by atoms with Gasteiger partial charge in [0.05, 0.1) is 6.04 Å². The average molecular weight is 205 g/mol. The lowest BCUT2D eigenvalue weighted by molar-refractivity contribution is -0.119. The molecule has 0 saturated carbocycles. The van der Waals surface area contributed by atoms with Crippen molar-refractivity contribution >= 4 is 11.6 Å². The molecule has 1 aliphatic rings. The van der Waals surface area contributed by atoms with Crippen LogP contribution in [0.1, 0.15) is 12.8 Å². The topological polar surface area (TPSA) is 45.2 Å². The maximum atomic E-state index is 12.0. The van der Waals surface area contributed by atoms with Crippen LogP contribution in [0.3, 0.4) is 0 Å². The van der Waals surface area contributed by atoms with Crippen LogP contribution in [0.2, 0.25) is 0 Å². The predicted octanol–water partition coefficient (Wildman–Crippen LogP) is 0.796. The quantitative estimate of drug-likeness (QED) is 0.776. The zero-order chi connectivity index (χ0) is 10.7. The van der Waals surface area contributed by atoms with E-state index in [0.29, 0.717) is 0 Å². The Bertz CT molecular complexity index is 333. The van der Waals surface area contributed by atoms with Crippen LogP contribution in [-0.2, 0) is 4.79 Å². The molecule has 1 unspecified atom stereocenters. The minimum Gasteiger partial charge on any atom is -0.314 e. The summed E-state index contributed by atoms with van der Waals surface area (Å²) >= 11 is 0. The van der Waals surface area contributed by atoms with E-state index < -0.39 is 0 Å². The molecule has 1 aliphatic heterocycles. The van der Waals surface area contributed by atoms with Crippen molar-refractivity contribution in [2.24, 2.45) is 0 Å². The van der Waals surface area contributed by atoms with Crippen molar-refractivity contribution in [1.82, 2.24) is 10.3 Å². The van der Waals surface area contributed by atoms with E-state index in [4.69, 9.17) is 0 Å². The number of carbonyl (C=O) groups excluding carboxylic acids is 1. The first-order chi connectivity index (χ1) is 7.29. The Hall–Kier alpha value is -1.42. The van der Waals surface area contributed by atoms with Crippen LogP contribution in [-0.4, -0.2) is 30.5 Å². The van der Waals surface area contributed by atoms with Crippen molar-refractivity contribution in [1.29, 1.82) is 0 Å². The molecule has 1 amide bonds. The van der Waals surface area contributed by atoms with E-state index in [0.717, 1.165) is 25.1 Å². The number of anilines is 1. The summed E-state index contributed by atoms with van der Waals surface area (Å²) in [5.74, 6) is 0.138. The molecule has 1 atom stereocenters. The molecule has 1 saturated heterocycles. The van der Waals surface area contributed by atoms with Gasteiger partial charge in [-0.1, -0.05) is 0 Å². The smallest absolute Gasteiger partial charge is 0.243 e. The second kappa shape index (κ2) is 4.40. The van der Waals surface area contributed by atoms with E-state index in [1.165, 1.54) is 0 Å². The van der Waals surface area contributed by atoms with Gasteiger partial charge in [0.2, 0.25) is 5.91 Å². The summed E-state index contributed by atoms with van der Waals surface area (Å²) in [4.78, 5) is 17.6. The van der Waals surface area contributed by atoms with Crippen LogP contribution in [0.25, 0.3) is 0 Å². The van der Waals surface area contributed by atoms with E-state index in [9.17, 15) is 4.79 Å². The van der Waals surface area contributed by atoms with Gasteiger partial charge >= 0.3 is 0 Å². The third-order valence-corrected chi connectivity index (χ3v) is 2.74. The molecule has 2 heterocycles. The van der Waals surface area contributed by atoms with E-state index in [1.54, 1.807) is 24.3 Å². The highest BCUT2D eigenvalue weighted by Crippen LogP contribution is 2.14. The molecule has 2 rings (SSSR count). The van der Waals surface area contributed by atoms with Gasteiger partial charge in [0.15, 0.2) is 0 Å². The molecule has 1 aromatic heterocycles. The van der Waals surface area contributed by atoms with E-state index in [2.05, 4.69) is 10.3 Å². The molecular weight excluding hydrogens is 190 g/mol. The zero-order valence-electron chi connectivity index (χ0n) is 8.81. The first kappa shape index (κ1) is 10.1. The number of likely N-dealkylation sites (N-methyl/N-ethyl adjacent to an activating group) is 1. The maximum absolute atomic E-state index is 12.0. The van der Waals surface area contributed by atoms with Gasteiger partial charge in [-0.25, -0.2) is 0 Å². The van der Waals surface area contributed by atoms with Gasteiger partial charge in [-0.2, -0.15) is 0 Å². The van der Waals surface area contributed by atoms with E-state index >= 15 is 0 Å². The Kier molecular flexibility index (Phi) is 2.97. The van der Waals surface area contributed by atoms with Crippen molar-refractivity contribution in [3.05, 3.63) is 24.5 Å². The second-order valence-electron chi connectivity index (χ2n) is 3.75. The number of pyridine rings is 1. The lowest BCUT2D eigenvalue weighted by Gasteiger charge is -2.20. The Balaban J connectivity index is 2.07. The minimum atomic E-state index is -0.0110. The maximum Gasteiger partial charge on any atom is 0.243 e. The molecule has 0 radical (unpaired) electrons. The summed E-state index contributed by atoms with van der Waals surface area (Å²) in [6.45, 7) is 0.945. The standard InChI is InChI=1S/C11H15N3O/c1-14(9-4-7-12-8-5-9)11(15)10-3-2-6-13-10/h4-5,7-8,10,13H,2-3,6H2,1H3. The normalized spacial score (nSPS) is 20.2. The fourth-order valence-electron chi connectivity index (χ4n) is 1.82. The van der Waals surface area contributed by atoms with Crippen LogP contribution in [0.15, 0.2) is 24.5 Å². The van der Waals surface area contributed by atoms with Gasteiger partial charge in [0.25, 0.3) is 0 Å². The molecule has 15 heavy (non-hydrogen) atoms. The van der Waals surface area contributed by atoms with Gasteiger partial charge in [0.1, 0.15) is 0 Å². The molecule has 80 valence electrons. The Morgan fingerprint density at radius 3 is 2.87 bits per heavy atom. The van der Waals surface area contributed by atoms with E-state index in [1.807, 2.05) is 12.1 Å². The van der Waals surface area contributed by atoms with Crippen molar-refractivity contribution in [2.45, 2.75) is 18.9 Å². The first-order valence-corrected chi connectivity index (χ1v) is 5.20. The summed E-state index contributed by atoms with van der Waals surface area (Å²) in [6, 6.07) is 3.67. The first-order valence-electron chi connectivity index (χ1n) is 5.20. The minimum absolute atomic E-state index is 0.0110. The predicted molar refractivity (Wildman–Crippen MR) is 58.7 cm³/mol. The second-order valence-corrected chi connectivity index (χ2v) is 3.75. The van der Waals surface area contributed by atoms with Crippen molar-refractivity contribution < 1.29 is 4.79 Å². The number of hydrogen-bond acceptors (Lipinski definition) is 3. The van der Waals surface area contributed by atoms with Crippen molar-refractivity contribution in [3.8, 4) is 0 Å². The van der Waals surface area contributed by atoms with Gasteiger partial charge in [-0.3, -0.25) is 9.78 Å². The fraction of sp³-hybridized carbons (Fsp3) is 0.455. The number of rotatable bonds is 2. The lowest BCUT2D eigenvalue weighted by atomic mass is 10.2. The number of carbonyl (C=O) groups is 1. The number of nitrogens with one attached hydrogen (secondary N) is 1. The van der Waals surface area contributed by atoms with Crippen LogP contribution in [0.4, 0.5) is 5.69 Å². The highest BCUT2D eigenvalue weighted by molar-refractivity contribution is 5.96. The Labute approximate surface area is 89.3 Å². The fourth-order valence-corrected chi connectivity index (χ4v) is 1.82. The summed E-state index contributed by atoms with van der Waals surface area (Å²) in [6.07, 6.45) is 5.41. The van der Waals surface area contributed by atoms with E-state index in [-0.39, 0.29) is 11.9 Å². The average Bonchev–Trinajstić information content (AvgIpc) is 2.82. The van der Waals surface area contributed by atoms with Gasteiger partial charge in [-0.15, -0.1) is 0 Å².